The molecule has 0 radical (unpaired) electrons. The van der Waals surface area contributed by atoms with Gasteiger partial charge in [-0.25, -0.2) is 15.0 Å². The van der Waals surface area contributed by atoms with E-state index >= 15 is 0 Å². The van der Waals surface area contributed by atoms with Gasteiger partial charge in [0, 0.05) is 47.8 Å². The smallest absolute Gasteiger partial charge is 0.160 e. The van der Waals surface area contributed by atoms with Gasteiger partial charge in [0.25, 0.3) is 0 Å². The fourth-order valence-corrected chi connectivity index (χ4v) is 9.92. The van der Waals surface area contributed by atoms with Crippen LogP contribution in [0, 0.1) is 0 Å². The van der Waals surface area contributed by atoms with Crippen molar-refractivity contribution in [3.63, 3.8) is 0 Å². The van der Waals surface area contributed by atoms with Crippen molar-refractivity contribution in [3.8, 4) is 56.3 Å². The van der Waals surface area contributed by atoms with Gasteiger partial charge in [-0.2, -0.15) is 0 Å². The summed E-state index contributed by atoms with van der Waals surface area (Å²) in [6.45, 7) is 0. The van der Waals surface area contributed by atoms with E-state index in [2.05, 4.69) is 170 Å². The summed E-state index contributed by atoms with van der Waals surface area (Å²) in [4.78, 5) is 15.5. The molecule has 0 saturated carbocycles. The minimum atomic E-state index is 0.700. The number of hydrogen-bond acceptors (Lipinski definition) is 4. The Kier molecular flexibility index (Phi) is 7.10. The molecule has 0 aliphatic heterocycles. The molecule has 0 unspecified atom stereocenters. The van der Waals surface area contributed by atoms with Gasteiger partial charge in [-0.1, -0.05) is 170 Å². The van der Waals surface area contributed by atoms with E-state index in [1.54, 1.807) is 0 Å². The lowest BCUT2D eigenvalue weighted by atomic mass is 9.89. The Balaban J connectivity index is 0.957. The first-order chi connectivity index (χ1) is 28.2. The maximum atomic E-state index is 5.25. The van der Waals surface area contributed by atoms with Crippen molar-refractivity contribution in [2.45, 2.75) is 0 Å². The van der Waals surface area contributed by atoms with E-state index in [4.69, 9.17) is 15.0 Å². The highest BCUT2D eigenvalue weighted by molar-refractivity contribution is 7.26. The Hall–Kier alpha value is -7.27. The second-order valence-electron chi connectivity index (χ2n) is 14.7. The third kappa shape index (κ3) is 5.15. The number of benzene rings is 9. The first-order valence-electron chi connectivity index (χ1n) is 19.3. The van der Waals surface area contributed by atoms with Gasteiger partial charge >= 0.3 is 0 Å². The molecule has 0 N–H and O–H groups in total. The van der Waals surface area contributed by atoms with E-state index in [1.807, 2.05) is 29.5 Å². The quantitative estimate of drug-likeness (QED) is 0.165. The van der Waals surface area contributed by atoms with Crippen LogP contribution in [0.5, 0.6) is 0 Å². The molecule has 9 aromatic carbocycles. The number of thiophene rings is 1. The van der Waals surface area contributed by atoms with Crippen LogP contribution in [-0.2, 0) is 0 Å². The van der Waals surface area contributed by atoms with Crippen LogP contribution in [0.15, 0.2) is 188 Å². The zero-order chi connectivity index (χ0) is 37.5. The van der Waals surface area contributed by atoms with Crippen molar-refractivity contribution in [1.29, 1.82) is 0 Å². The second-order valence-corrected chi connectivity index (χ2v) is 15.8. The van der Waals surface area contributed by atoms with Crippen molar-refractivity contribution in [2.24, 2.45) is 0 Å². The zero-order valence-corrected chi connectivity index (χ0v) is 31.5. The summed E-state index contributed by atoms with van der Waals surface area (Å²) in [5.74, 6) is 0.700. The fourth-order valence-electron chi connectivity index (χ4n) is 8.68. The van der Waals surface area contributed by atoms with Crippen LogP contribution in [0.3, 0.4) is 0 Å². The van der Waals surface area contributed by atoms with E-state index in [1.165, 1.54) is 69.0 Å². The minimum Gasteiger partial charge on any atom is -0.247 e. The Labute approximate surface area is 332 Å². The number of nitrogens with zero attached hydrogens (tertiary/aromatic N) is 3. The van der Waals surface area contributed by atoms with E-state index in [9.17, 15) is 0 Å². The first-order valence-corrected chi connectivity index (χ1v) is 20.1. The van der Waals surface area contributed by atoms with Gasteiger partial charge in [0.1, 0.15) is 0 Å². The van der Waals surface area contributed by atoms with Crippen LogP contribution in [0.25, 0.3) is 120 Å². The predicted octanol–water partition coefficient (Wildman–Crippen LogP) is 14.6. The van der Waals surface area contributed by atoms with Crippen LogP contribution in [0.1, 0.15) is 0 Å². The lowest BCUT2D eigenvalue weighted by molar-refractivity contribution is 1.18. The van der Waals surface area contributed by atoms with E-state index < -0.39 is 0 Å². The second kappa shape index (κ2) is 12.6. The van der Waals surface area contributed by atoms with Crippen LogP contribution in [0.4, 0.5) is 0 Å². The molecule has 3 aromatic heterocycles. The van der Waals surface area contributed by atoms with Gasteiger partial charge in [0.2, 0.25) is 0 Å². The van der Waals surface area contributed by atoms with Gasteiger partial charge in [-0.3, -0.25) is 0 Å². The molecule has 0 spiro atoms. The summed E-state index contributed by atoms with van der Waals surface area (Å²) in [6, 6.07) is 67.2. The van der Waals surface area contributed by atoms with Gasteiger partial charge in [-0.15, -0.1) is 11.3 Å². The molecular weight excluding hydrogens is 711 g/mol. The molecule has 0 aliphatic carbocycles. The topological polar surface area (TPSA) is 38.7 Å². The third-order valence-corrected chi connectivity index (χ3v) is 12.6. The van der Waals surface area contributed by atoms with Crippen LogP contribution in [-0.4, -0.2) is 15.0 Å². The average Bonchev–Trinajstić information content (AvgIpc) is 3.68. The van der Waals surface area contributed by atoms with Gasteiger partial charge in [0.05, 0.1) is 22.6 Å². The van der Waals surface area contributed by atoms with Gasteiger partial charge < -0.3 is 0 Å². The molecule has 12 aromatic rings. The standard InChI is InChI=1S/C53H31N3S/c1-2-9-39(10-3-1)53-55-45(33-19-17-32(18-20-33)40-29-27-37-24-23-35-11-8-12-36-28-30-41(40)49(37)48(35)36)31-46(56-53)34-21-25-38(26-22-34)51-50-43-14-5-7-16-47(43)57-52(50)42-13-4-6-15-44(42)54-51/h1-31H. The molecule has 3 nitrogen and oxygen atoms in total. The number of rotatable bonds is 5. The number of para-hydroxylation sites is 1. The van der Waals surface area contributed by atoms with E-state index in [0.717, 1.165) is 44.9 Å². The Morgan fingerprint density at radius 3 is 1.70 bits per heavy atom. The van der Waals surface area contributed by atoms with Crippen LogP contribution >= 0.6 is 11.3 Å². The van der Waals surface area contributed by atoms with Crippen LogP contribution in [0.2, 0.25) is 0 Å². The van der Waals surface area contributed by atoms with Crippen molar-refractivity contribution in [3.05, 3.63) is 188 Å². The maximum absolute atomic E-state index is 5.25. The maximum Gasteiger partial charge on any atom is 0.160 e. The number of aromatic nitrogens is 3. The van der Waals surface area contributed by atoms with E-state index in [0.29, 0.717) is 5.82 Å². The summed E-state index contributed by atoms with van der Waals surface area (Å²) in [7, 11) is 0. The molecule has 0 saturated heterocycles. The first kappa shape index (κ1) is 32.0. The lowest BCUT2D eigenvalue weighted by Crippen LogP contribution is -1.96. The number of pyridine rings is 1. The molecular formula is C53H31N3S. The van der Waals surface area contributed by atoms with Gasteiger partial charge in [0.15, 0.2) is 5.82 Å². The largest absolute Gasteiger partial charge is 0.247 e. The molecule has 12 rings (SSSR count). The third-order valence-electron chi connectivity index (χ3n) is 11.4. The average molecular weight is 742 g/mol. The van der Waals surface area contributed by atoms with Crippen molar-refractivity contribution in [2.75, 3.05) is 0 Å². The lowest BCUT2D eigenvalue weighted by Gasteiger charge is -2.14. The highest BCUT2D eigenvalue weighted by atomic mass is 32.1. The molecule has 0 aliphatic rings. The Bertz CT molecular complexity index is 3480. The highest BCUT2D eigenvalue weighted by Gasteiger charge is 2.18. The summed E-state index contributed by atoms with van der Waals surface area (Å²) in [6.07, 6.45) is 0. The summed E-state index contributed by atoms with van der Waals surface area (Å²) in [5, 5.41) is 11.4. The molecule has 0 bridgehead atoms. The predicted molar refractivity (Wildman–Crippen MR) is 241 cm³/mol. The molecule has 264 valence electrons. The van der Waals surface area contributed by atoms with Gasteiger partial charge in [-0.05, 0) is 61.6 Å². The molecule has 57 heavy (non-hydrogen) atoms. The molecule has 0 fully saturated rings. The minimum absolute atomic E-state index is 0.700. The summed E-state index contributed by atoms with van der Waals surface area (Å²) >= 11 is 1.84. The summed E-state index contributed by atoms with van der Waals surface area (Å²) < 4.78 is 2.55. The van der Waals surface area contributed by atoms with E-state index in [-0.39, 0.29) is 0 Å². The number of hydrogen-bond donors (Lipinski definition) is 0. The molecule has 0 atom stereocenters. The summed E-state index contributed by atoms with van der Waals surface area (Å²) in [5.41, 5.74) is 10.3. The van der Waals surface area contributed by atoms with Crippen LogP contribution < -0.4 is 0 Å². The SMILES string of the molecule is c1ccc(-c2nc(-c3ccc(-c4ccc5ccc6cccc7ccc4c5c67)cc3)cc(-c3ccc(-c4nc5ccccc5c5sc6ccccc6c45)cc3)n2)cc1. The fraction of sp³-hybridized carbons (Fsp3) is 0. The molecule has 3 heterocycles. The van der Waals surface area contributed by atoms with Crippen molar-refractivity contribution < 1.29 is 0 Å². The molecule has 0 amide bonds. The highest BCUT2D eigenvalue weighted by Crippen LogP contribution is 2.43. The normalized spacial score (nSPS) is 11.9. The molecule has 4 heteroatoms. The Morgan fingerprint density at radius 1 is 0.351 bits per heavy atom. The monoisotopic (exact) mass is 741 g/mol. The van der Waals surface area contributed by atoms with Crippen molar-refractivity contribution in [1.82, 2.24) is 15.0 Å². The Morgan fingerprint density at radius 2 is 0.947 bits per heavy atom. The zero-order valence-electron chi connectivity index (χ0n) is 30.6. The number of fused-ring (bicyclic) bond motifs is 5. The van der Waals surface area contributed by atoms with Crippen molar-refractivity contribution >= 4 is 74.7 Å².